The number of carbonyl (C=O) groups is 2. The van der Waals surface area contributed by atoms with Gasteiger partial charge in [-0.05, 0) is 41.3 Å². The average molecular weight is 340 g/mol. The summed E-state index contributed by atoms with van der Waals surface area (Å²) in [6, 6.07) is 13.5. The zero-order valence-corrected chi connectivity index (χ0v) is 13.1. The molecule has 3 rings (SSSR count). The van der Waals surface area contributed by atoms with Crippen molar-refractivity contribution in [3.8, 4) is 5.75 Å². The van der Waals surface area contributed by atoms with Crippen molar-refractivity contribution < 1.29 is 19.8 Å². The van der Waals surface area contributed by atoms with Gasteiger partial charge in [0.05, 0.1) is 11.1 Å². The number of phenols is 1. The fraction of sp³-hybridized carbons (Fsp3) is 0. The lowest BCUT2D eigenvalue weighted by Gasteiger charge is -2.00. The number of thiophene rings is 1. The first kappa shape index (κ1) is 15.7. The molecule has 0 radical (unpaired) electrons. The molecule has 0 bridgehead atoms. The topological polar surface area (TPSA) is 99.0 Å². The van der Waals surface area contributed by atoms with Crippen LogP contribution >= 0.6 is 11.3 Å². The molecular weight excluding hydrogens is 328 g/mol. The van der Waals surface area contributed by atoms with Crippen LogP contribution in [0.3, 0.4) is 0 Å². The zero-order valence-electron chi connectivity index (χ0n) is 12.3. The van der Waals surface area contributed by atoms with Crippen molar-refractivity contribution in [2.24, 2.45) is 5.10 Å². The fourth-order valence-electron chi connectivity index (χ4n) is 2.12. The van der Waals surface area contributed by atoms with Crippen molar-refractivity contribution >= 4 is 39.5 Å². The highest BCUT2D eigenvalue weighted by Gasteiger charge is 2.10. The number of hydrogen-bond donors (Lipinski definition) is 3. The number of hydrogen-bond acceptors (Lipinski definition) is 5. The minimum Gasteiger partial charge on any atom is -0.507 e. The Hall–Kier alpha value is -3.19. The van der Waals surface area contributed by atoms with Crippen molar-refractivity contribution in [1.82, 2.24) is 5.43 Å². The van der Waals surface area contributed by atoms with Gasteiger partial charge in [-0.1, -0.05) is 18.2 Å². The van der Waals surface area contributed by atoms with Crippen LogP contribution in [-0.2, 0) is 0 Å². The van der Waals surface area contributed by atoms with Crippen molar-refractivity contribution in [1.29, 1.82) is 0 Å². The Bertz CT molecular complexity index is 929. The number of carboxylic acid groups (broad SMARTS) is 1. The smallest absolute Gasteiger partial charge is 0.339 e. The fourth-order valence-corrected chi connectivity index (χ4v) is 3.07. The Balaban J connectivity index is 1.73. The van der Waals surface area contributed by atoms with Gasteiger partial charge in [0.25, 0.3) is 5.91 Å². The number of aromatic carboxylic acids is 1. The second-order valence-corrected chi connectivity index (χ2v) is 6.01. The van der Waals surface area contributed by atoms with E-state index < -0.39 is 5.97 Å². The summed E-state index contributed by atoms with van der Waals surface area (Å²) in [5.41, 5.74) is 2.62. The third-order valence-corrected chi connectivity index (χ3v) is 4.39. The quantitative estimate of drug-likeness (QED) is 0.502. The van der Waals surface area contributed by atoms with Gasteiger partial charge in [0, 0.05) is 4.70 Å². The lowest BCUT2D eigenvalue weighted by molar-refractivity contribution is 0.0693. The van der Waals surface area contributed by atoms with Gasteiger partial charge in [-0.3, -0.25) is 4.79 Å². The molecule has 0 aliphatic rings. The average Bonchev–Trinajstić information content (AvgIpc) is 3.00. The van der Waals surface area contributed by atoms with Gasteiger partial charge in [0.2, 0.25) is 0 Å². The standard InChI is InChI=1S/C17H12N2O4S/c20-13-6-5-10(7-12(13)17(22)23)9-18-19-16(21)15-8-11-3-1-2-4-14(11)24-15/h1-9,20H,(H,19,21)(H,22,23)/b18-9+. The van der Waals surface area contributed by atoms with Crippen LogP contribution in [0.2, 0.25) is 0 Å². The van der Waals surface area contributed by atoms with Gasteiger partial charge < -0.3 is 10.2 Å². The molecule has 2 aromatic carbocycles. The van der Waals surface area contributed by atoms with E-state index in [0.29, 0.717) is 10.4 Å². The Morgan fingerprint density at radius 2 is 1.92 bits per heavy atom. The Morgan fingerprint density at radius 1 is 1.12 bits per heavy atom. The molecule has 6 nitrogen and oxygen atoms in total. The highest BCUT2D eigenvalue weighted by atomic mass is 32.1. The normalized spacial score (nSPS) is 11.0. The van der Waals surface area contributed by atoms with Crippen LogP contribution < -0.4 is 5.43 Å². The van der Waals surface area contributed by atoms with Gasteiger partial charge in [-0.15, -0.1) is 11.3 Å². The molecule has 120 valence electrons. The number of benzene rings is 2. The molecule has 0 saturated carbocycles. The number of carboxylic acids is 1. The maximum atomic E-state index is 12.1. The first-order valence-electron chi connectivity index (χ1n) is 6.93. The molecule has 1 aromatic heterocycles. The highest BCUT2D eigenvalue weighted by molar-refractivity contribution is 7.20. The van der Waals surface area contributed by atoms with Gasteiger partial charge in [0.15, 0.2) is 0 Å². The Kier molecular flexibility index (Phi) is 4.26. The number of nitrogens with one attached hydrogen (secondary N) is 1. The minimum absolute atomic E-state index is 0.227. The first-order valence-corrected chi connectivity index (χ1v) is 7.74. The predicted octanol–water partition coefficient (Wildman–Crippen LogP) is 3.07. The summed E-state index contributed by atoms with van der Waals surface area (Å²) in [4.78, 5) is 23.6. The lowest BCUT2D eigenvalue weighted by atomic mass is 10.1. The molecule has 0 saturated heterocycles. The second kappa shape index (κ2) is 6.51. The molecule has 0 aliphatic carbocycles. The second-order valence-electron chi connectivity index (χ2n) is 4.93. The van der Waals surface area contributed by atoms with E-state index in [1.807, 2.05) is 24.3 Å². The van der Waals surface area contributed by atoms with E-state index in [4.69, 9.17) is 5.11 Å². The molecule has 1 heterocycles. The van der Waals surface area contributed by atoms with Crippen LogP contribution in [0.25, 0.3) is 10.1 Å². The van der Waals surface area contributed by atoms with E-state index in [-0.39, 0.29) is 17.2 Å². The maximum Gasteiger partial charge on any atom is 0.339 e. The number of nitrogens with zero attached hydrogens (tertiary/aromatic N) is 1. The third kappa shape index (κ3) is 3.26. The molecule has 3 N–H and O–H groups in total. The number of hydrazone groups is 1. The molecule has 24 heavy (non-hydrogen) atoms. The molecule has 0 unspecified atom stereocenters. The van der Waals surface area contributed by atoms with Crippen LogP contribution in [0.4, 0.5) is 0 Å². The summed E-state index contributed by atoms with van der Waals surface area (Å²) >= 11 is 1.36. The summed E-state index contributed by atoms with van der Waals surface area (Å²) in [5.74, 6) is -1.91. The van der Waals surface area contributed by atoms with Crippen LogP contribution in [-0.4, -0.2) is 28.3 Å². The molecule has 0 aliphatic heterocycles. The Morgan fingerprint density at radius 3 is 2.67 bits per heavy atom. The van der Waals surface area contributed by atoms with Gasteiger partial charge in [-0.2, -0.15) is 5.10 Å². The number of aromatic hydroxyl groups is 1. The SMILES string of the molecule is O=C(N/N=C/c1ccc(O)c(C(=O)O)c1)c1cc2ccccc2s1. The van der Waals surface area contributed by atoms with Crippen LogP contribution in [0.5, 0.6) is 5.75 Å². The maximum absolute atomic E-state index is 12.1. The minimum atomic E-state index is -1.24. The predicted molar refractivity (Wildman–Crippen MR) is 92.0 cm³/mol. The first-order chi connectivity index (χ1) is 11.5. The van der Waals surface area contributed by atoms with Crippen molar-refractivity contribution in [3.05, 3.63) is 64.5 Å². The summed E-state index contributed by atoms with van der Waals surface area (Å²) in [6.07, 6.45) is 1.32. The van der Waals surface area contributed by atoms with Crippen LogP contribution in [0.1, 0.15) is 25.6 Å². The summed E-state index contributed by atoms with van der Waals surface area (Å²) in [6.45, 7) is 0. The van der Waals surface area contributed by atoms with E-state index in [0.717, 1.165) is 10.1 Å². The summed E-state index contributed by atoms with van der Waals surface area (Å²) in [5, 5.41) is 23.2. The molecular formula is C17H12N2O4S. The monoisotopic (exact) mass is 340 g/mol. The largest absolute Gasteiger partial charge is 0.507 e. The number of rotatable bonds is 4. The summed E-state index contributed by atoms with van der Waals surface area (Å²) < 4.78 is 1.01. The highest BCUT2D eigenvalue weighted by Crippen LogP contribution is 2.25. The molecule has 0 fully saturated rings. The number of fused-ring (bicyclic) bond motifs is 1. The van der Waals surface area contributed by atoms with E-state index in [9.17, 15) is 14.7 Å². The van der Waals surface area contributed by atoms with Gasteiger partial charge in [0.1, 0.15) is 11.3 Å². The van der Waals surface area contributed by atoms with Gasteiger partial charge in [-0.25, -0.2) is 10.2 Å². The van der Waals surface area contributed by atoms with E-state index in [1.165, 1.54) is 35.8 Å². The van der Waals surface area contributed by atoms with Crippen LogP contribution in [0, 0.1) is 0 Å². The third-order valence-electron chi connectivity index (χ3n) is 3.28. The lowest BCUT2D eigenvalue weighted by Crippen LogP contribution is -2.16. The van der Waals surface area contributed by atoms with E-state index in [2.05, 4.69) is 10.5 Å². The van der Waals surface area contributed by atoms with Crippen molar-refractivity contribution in [2.45, 2.75) is 0 Å². The Labute approximate surface area is 140 Å². The molecule has 3 aromatic rings. The molecule has 7 heteroatoms. The van der Waals surface area contributed by atoms with Gasteiger partial charge >= 0.3 is 5.97 Å². The van der Waals surface area contributed by atoms with Crippen molar-refractivity contribution in [2.75, 3.05) is 0 Å². The van der Waals surface area contributed by atoms with Crippen molar-refractivity contribution in [3.63, 3.8) is 0 Å². The number of amides is 1. The van der Waals surface area contributed by atoms with Crippen LogP contribution in [0.15, 0.2) is 53.6 Å². The van der Waals surface area contributed by atoms with E-state index >= 15 is 0 Å². The molecule has 0 atom stereocenters. The zero-order chi connectivity index (χ0) is 17.1. The molecule has 0 spiro atoms. The van der Waals surface area contributed by atoms with E-state index in [1.54, 1.807) is 6.07 Å². The summed E-state index contributed by atoms with van der Waals surface area (Å²) in [7, 11) is 0. The molecule has 1 amide bonds. The number of carbonyl (C=O) groups excluding carboxylic acids is 1.